The van der Waals surface area contributed by atoms with Gasteiger partial charge in [-0.05, 0) is 54.6 Å². The van der Waals surface area contributed by atoms with Crippen molar-refractivity contribution in [3.63, 3.8) is 0 Å². The van der Waals surface area contributed by atoms with Crippen molar-refractivity contribution in [2.45, 2.75) is 4.90 Å². The van der Waals surface area contributed by atoms with Crippen molar-refractivity contribution < 1.29 is 31.8 Å². The van der Waals surface area contributed by atoms with Gasteiger partial charge >= 0.3 is 5.63 Å². The number of nitrogens with zero attached hydrogens (tertiary/aromatic N) is 3. The Morgan fingerprint density at radius 2 is 1.68 bits per heavy atom. The Balaban J connectivity index is 1.55. The van der Waals surface area contributed by atoms with Crippen molar-refractivity contribution in [2.24, 2.45) is 10.2 Å². The second kappa shape index (κ2) is 12.2. The summed E-state index contributed by atoms with van der Waals surface area (Å²) in [5.41, 5.74) is 3.12. The molecule has 13 nitrogen and oxygen atoms in total. The molecule has 226 valence electrons. The summed E-state index contributed by atoms with van der Waals surface area (Å²) in [5.74, 6) is 0.323. The third kappa shape index (κ3) is 5.86. The summed E-state index contributed by atoms with van der Waals surface area (Å²) in [6.07, 6.45) is 1.08. The smallest absolute Gasteiger partial charge is 0.346 e. The number of para-hydroxylation sites is 1. The minimum atomic E-state index is -3.94. The highest BCUT2D eigenvalue weighted by atomic mass is 35.5. The zero-order valence-electron chi connectivity index (χ0n) is 23.4. The van der Waals surface area contributed by atoms with Crippen molar-refractivity contribution in [1.29, 1.82) is 0 Å². The van der Waals surface area contributed by atoms with E-state index >= 15 is 0 Å². The zero-order valence-corrected chi connectivity index (χ0v) is 25.0. The highest BCUT2D eigenvalue weighted by Crippen LogP contribution is 2.41. The maximum Gasteiger partial charge on any atom is 0.346 e. The number of fused-ring (bicyclic) bond motifs is 1. The average molecular weight is 638 g/mol. The molecule has 0 aliphatic rings. The molecule has 3 N–H and O–H groups in total. The van der Waals surface area contributed by atoms with Crippen LogP contribution >= 0.6 is 11.6 Å². The van der Waals surface area contributed by atoms with E-state index in [4.69, 9.17) is 35.4 Å². The van der Waals surface area contributed by atoms with Gasteiger partial charge in [-0.2, -0.15) is 10.2 Å². The summed E-state index contributed by atoms with van der Waals surface area (Å²) in [4.78, 5) is 25.5. The molecule has 0 aliphatic carbocycles. The number of rotatable bonds is 9. The number of amides is 1. The average Bonchev–Trinajstić information content (AvgIpc) is 3.47. The van der Waals surface area contributed by atoms with Crippen LogP contribution in [0.2, 0.25) is 5.02 Å². The molecule has 0 spiro atoms. The largest absolute Gasteiger partial charge is 0.493 e. The van der Waals surface area contributed by atoms with Gasteiger partial charge in [-0.25, -0.2) is 28.5 Å². The first-order valence-electron chi connectivity index (χ1n) is 12.6. The molecule has 1 amide bonds. The Morgan fingerprint density at radius 3 is 2.30 bits per heavy atom. The lowest BCUT2D eigenvalue weighted by atomic mass is 10.1. The number of carbonyl (C=O) groups excluding carboxylic acids is 1. The first-order chi connectivity index (χ1) is 21.0. The Bertz CT molecular complexity index is 2060. The maximum absolute atomic E-state index is 13.2. The number of ether oxygens (including phenoxy) is 3. The van der Waals surface area contributed by atoms with Crippen LogP contribution in [0.1, 0.15) is 16.1 Å². The van der Waals surface area contributed by atoms with E-state index in [9.17, 15) is 18.0 Å². The molecule has 3 aromatic carbocycles. The number of carbonyl (C=O) groups is 1. The van der Waals surface area contributed by atoms with Crippen LogP contribution in [0.25, 0.3) is 27.9 Å². The summed E-state index contributed by atoms with van der Waals surface area (Å²) in [6, 6.07) is 17.1. The van der Waals surface area contributed by atoms with E-state index in [1.165, 1.54) is 56.3 Å². The number of benzene rings is 3. The number of aromatic nitrogens is 2. The number of methoxy groups -OCH3 is 3. The molecule has 44 heavy (non-hydrogen) atoms. The van der Waals surface area contributed by atoms with Crippen molar-refractivity contribution in [2.75, 3.05) is 21.3 Å². The minimum Gasteiger partial charge on any atom is -0.493 e. The molecule has 2 aromatic heterocycles. The van der Waals surface area contributed by atoms with Crippen molar-refractivity contribution in [3.8, 4) is 34.2 Å². The molecule has 0 bridgehead atoms. The van der Waals surface area contributed by atoms with E-state index in [1.807, 2.05) is 0 Å². The molecular weight excluding hydrogens is 614 g/mol. The predicted octanol–water partition coefficient (Wildman–Crippen LogP) is 3.74. The topological polar surface area (TPSA) is 177 Å². The molecule has 0 unspecified atom stereocenters. The highest BCUT2D eigenvalue weighted by Gasteiger charge is 2.21. The van der Waals surface area contributed by atoms with Gasteiger partial charge in [0.25, 0.3) is 5.91 Å². The van der Waals surface area contributed by atoms with Crippen LogP contribution in [-0.4, -0.2) is 51.6 Å². The minimum absolute atomic E-state index is 0.0516. The molecule has 0 saturated heterocycles. The maximum atomic E-state index is 13.2. The number of hydrogen-bond acceptors (Lipinski definition) is 10. The molecule has 0 saturated carbocycles. The summed E-state index contributed by atoms with van der Waals surface area (Å²) >= 11 is 6.39. The van der Waals surface area contributed by atoms with Crippen LogP contribution in [0.3, 0.4) is 0 Å². The van der Waals surface area contributed by atoms with Crippen molar-refractivity contribution >= 4 is 44.7 Å². The second-order valence-electron chi connectivity index (χ2n) is 9.09. The molecular formula is C29H24ClN5O8S. The van der Waals surface area contributed by atoms with Gasteiger partial charge in [-0.3, -0.25) is 4.79 Å². The Kier molecular flexibility index (Phi) is 8.40. The molecule has 0 atom stereocenters. The van der Waals surface area contributed by atoms with Crippen LogP contribution in [0.15, 0.2) is 85.9 Å². The van der Waals surface area contributed by atoms with Gasteiger partial charge in [0.1, 0.15) is 5.58 Å². The van der Waals surface area contributed by atoms with E-state index in [0.29, 0.717) is 45.2 Å². The fourth-order valence-corrected chi connectivity index (χ4v) is 5.15. The van der Waals surface area contributed by atoms with Crippen molar-refractivity contribution in [1.82, 2.24) is 15.2 Å². The van der Waals surface area contributed by atoms with E-state index in [0.717, 1.165) is 6.21 Å². The molecule has 0 aliphatic heterocycles. The van der Waals surface area contributed by atoms with Gasteiger partial charge in [-0.1, -0.05) is 23.7 Å². The van der Waals surface area contributed by atoms with Gasteiger partial charge in [0, 0.05) is 10.9 Å². The molecule has 5 aromatic rings. The third-order valence-electron chi connectivity index (χ3n) is 6.45. The summed E-state index contributed by atoms with van der Waals surface area (Å²) in [7, 11) is 0.447. The van der Waals surface area contributed by atoms with E-state index in [1.54, 1.807) is 36.4 Å². The van der Waals surface area contributed by atoms with Crippen molar-refractivity contribution in [3.05, 3.63) is 93.4 Å². The first kappa shape index (κ1) is 30.3. The SMILES string of the molecule is COc1cc(-c2cc(C(=O)N/N=C/c3c(Cl)c4ccccc4oc3=O)nn2-c2ccc(S(N)(=O)=O)cc2)cc(OC)c1OC. The quantitative estimate of drug-likeness (QED) is 0.138. The number of nitrogens with one attached hydrogen (secondary N) is 1. The summed E-state index contributed by atoms with van der Waals surface area (Å²) in [6.45, 7) is 0. The fourth-order valence-electron chi connectivity index (χ4n) is 4.35. The third-order valence-corrected chi connectivity index (χ3v) is 7.79. The number of nitrogens with two attached hydrogens (primary N) is 1. The van der Waals surface area contributed by atoms with Crippen LogP contribution in [0.4, 0.5) is 0 Å². The lowest BCUT2D eigenvalue weighted by Gasteiger charge is -2.15. The van der Waals surface area contributed by atoms with Gasteiger partial charge in [0.2, 0.25) is 15.8 Å². The number of halogens is 1. The first-order valence-corrected chi connectivity index (χ1v) is 14.6. The van der Waals surface area contributed by atoms with Gasteiger partial charge < -0.3 is 18.6 Å². The van der Waals surface area contributed by atoms with Gasteiger partial charge in [0.05, 0.1) is 54.4 Å². The standard InChI is InChI=1S/C29H24ClN5O8S/c1-40-24-12-16(13-25(41-2)27(24)42-3)22-14-21(34-35(22)17-8-10-18(11-9-17)44(31,38)39)28(36)33-32-15-20-26(30)19-6-4-5-7-23(19)43-29(20)37/h4-15H,1-3H3,(H,33,36)(H2,31,38,39)/b32-15+. The molecule has 0 fully saturated rings. The Morgan fingerprint density at radius 1 is 1.02 bits per heavy atom. The van der Waals surface area contributed by atoms with Crippen LogP contribution in [0, 0.1) is 0 Å². The Labute approximate surface area is 255 Å². The molecule has 5 rings (SSSR count). The number of sulfonamides is 1. The highest BCUT2D eigenvalue weighted by molar-refractivity contribution is 7.89. The van der Waals surface area contributed by atoms with E-state index in [-0.39, 0.29) is 21.2 Å². The Hall–Kier alpha value is -5.18. The van der Waals surface area contributed by atoms with Gasteiger partial charge in [-0.15, -0.1) is 0 Å². The fraction of sp³-hybridized carbons (Fsp3) is 0.103. The normalized spacial score (nSPS) is 11.6. The van der Waals surface area contributed by atoms with E-state index in [2.05, 4.69) is 15.6 Å². The molecule has 2 heterocycles. The van der Waals surface area contributed by atoms with E-state index < -0.39 is 21.6 Å². The zero-order chi connectivity index (χ0) is 31.6. The van der Waals surface area contributed by atoms with Crippen LogP contribution < -0.4 is 30.4 Å². The lowest BCUT2D eigenvalue weighted by molar-refractivity contribution is 0.0949. The second-order valence-corrected chi connectivity index (χ2v) is 11.0. The number of hydrazone groups is 1. The van der Waals surface area contributed by atoms with Crippen LogP contribution in [0.5, 0.6) is 17.2 Å². The summed E-state index contributed by atoms with van der Waals surface area (Å²) in [5, 5.41) is 14.2. The molecule has 15 heteroatoms. The predicted molar refractivity (Wildman–Crippen MR) is 163 cm³/mol. The number of primary sulfonamides is 1. The number of hydrogen-bond donors (Lipinski definition) is 2. The molecule has 0 radical (unpaired) electrons. The monoisotopic (exact) mass is 637 g/mol. The summed E-state index contributed by atoms with van der Waals surface area (Å²) < 4.78 is 46.6. The lowest BCUT2D eigenvalue weighted by Crippen LogP contribution is -2.19. The van der Waals surface area contributed by atoms with Crippen LogP contribution in [-0.2, 0) is 10.0 Å². The van der Waals surface area contributed by atoms with Gasteiger partial charge in [0.15, 0.2) is 17.2 Å².